The van der Waals surface area contributed by atoms with E-state index < -0.39 is 6.10 Å². The van der Waals surface area contributed by atoms with Gasteiger partial charge in [0, 0.05) is 0 Å². The summed E-state index contributed by atoms with van der Waals surface area (Å²) in [5.74, 6) is 0.555. The molecule has 0 bridgehead atoms. The summed E-state index contributed by atoms with van der Waals surface area (Å²) >= 11 is 5.85. The average Bonchev–Trinajstić information content (AvgIpc) is 2.18. The lowest BCUT2D eigenvalue weighted by atomic mass is 10.1. The van der Waals surface area contributed by atoms with E-state index in [0.717, 1.165) is 0 Å². The number of benzene rings is 1. The van der Waals surface area contributed by atoms with Crippen LogP contribution < -0.4 is 4.74 Å². The smallest absolute Gasteiger partial charge is 0.137 e. The molecule has 14 heavy (non-hydrogen) atoms. The number of hydrogen-bond acceptors (Lipinski definition) is 3. The molecule has 0 saturated carbocycles. The Morgan fingerprint density at radius 2 is 2.36 bits per heavy atom. The molecule has 0 aliphatic rings. The quantitative estimate of drug-likeness (QED) is 0.835. The van der Waals surface area contributed by atoms with Crippen molar-refractivity contribution in [3.05, 3.63) is 28.8 Å². The van der Waals surface area contributed by atoms with Gasteiger partial charge >= 0.3 is 0 Å². The summed E-state index contributed by atoms with van der Waals surface area (Å²) in [6.45, 7) is 0. The first-order valence-corrected chi connectivity index (χ1v) is 4.45. The van der Waals surface area contributed by atoms with Crippen molar-refractivity contribution in [3.8, 4) is 11.8 Å². The normalized spacial score (nSPS) is 11.9. The van der Waals surface area contributed by atoms with Crippen LogP contribution in [-0.4, -0.2) is 12.2 Å². The summed E-state index contributed by atoms with van der Waals surface area (Å²) in [6, 6.07) is 6.84. The van der Waals surface area contributed by atoms with Crippen LogP contribution in [0.25, 0.3) is 0 Å². The maximum absolute atomic E-state index is 9.49. The van der Waals surface area contributed by atoms with E-state index in [0.29, 0.717) is 16.3 Å². The lowest BCUT2D eigenvalue weighted by Gasteiger charge is -2.09. The second-order valence-electron chi connectivity index (χ2n) is 2.77. The van der Waals surface area contributed by atoms with Gasteiger partial charge in [-0.15, -0.1) is 0 Å². The molecule has 1 aromatic rings. The van der Waals surface area contributed by atoms with Gasteiger partial charge in [-0.25, -0.2) is 0 Å². The molecule has 0 spiro atoms. The summed E-state index contributed by atoms with van der Waals surface area (Å²) < 4.78 is 4.96. The van der Waals surface area contributed by atoms with Crippen molar-refractivity contribution in [2.24, 2.45) is 0 Å². The predicted octanol–water partition coefficient (Wildman–Crippen LogP) is 2.30. The van der Waals surface area contributed by atoms with Crippen LogP contribution in [0, 0.1) is 11.3 Å². The Bertz CT molecular complexity index is 360. The average molecular weight is 212 g/mol. The summed E-state index contributed by atoms with van der Waals surface area (Å²) in [4.78, 5) is 0. The Kier molecular flexibility index (Phi) is 3.75. The molecule has 0 heterocycles. The monoisotopic (exact) mass is 211 g/mol. The standard InChI is InChI=1S/C10H10ClNO2/c1-14-10-3-2-7(6-8(10)11)9(13)4-5-12/h2-3,6,9,13H,4H2,1H3. The topological polar surface area (TPSA) is 53.2 Å². The zero-order chi connectivity index (χ0) is 10.6. The molecule has 0 saturated heterocycles. The van der Waals surface area contributed by atoms with E-state index in [4.69, 9.17) is 21.6 Å². The van der Waals surface area contributed by atoms with Crippen molar-refractivity contribution in [3.63, 3.8) is 0 Å². The zero-order valence-electron chi connectivity index (χ0n) is 7.70. The third kappa shape index (κ3) is 2.38. The highest BCUT2D eigenvalue weighted by atomic mass is 35.5. The van der Waals surface area contributed by atoms with Gasteiger partial charge in [-0.05, 0) is 17.7 Å². The molecule has 0 aromatic heterocycles. The minimum atomic E-state index is -0.789. The van der Waals surface area contributed by atoms with Crippen molar-refractivity contribution in [2.75, 3.05) is 7.11 Å². The van der Waals surface area contributed by atoms with Gasteiger partial charge in [0.1, 0.15) is 5.75 Å². The first-order chi connectivity index (χ1) is 6.69. The van der Waals surface area contributed by atoms with Gasteiger partial charge in [0.05, 0.1) is 30.7 Å². The van der Waals surface area contributed by atoms with Crippen molar-refractivity contribution in [1.29, 1.82) is 5.26 Å². The van der Waals surface area contributed by atoms with Gasteiger partial charge < -0.3 is 9.84 Å². The van der Waals surface area contributed by atoms with Crippen LogP contribution in [0.5, 0.6) is 5.75 Å². The molecule has 1 atom stereocenters. The SMILES string of the molecule is COc1ccc(C(O)CC#N)cc1Cl. The fourth-order valence-electron chi connectivity index (χ4n) is 1.09. The second kappa shape index (κ2) is 4.85. The van der Waals surface area contributed by atoms with Gasteiger partial charge in [0.15, 0.2) is 0 Å². The molecular weight excluding hydrogens is 202 g/mol. The van der Waals surface area contributed by atoms with E-state index in [2.05, 4.69) is 0 Å². The minimum absolute atomic E-state index is 0.0582. The molecule has 1 unspecified atom stereocenters. The molecule has 1 rings (SSSR count). The Labute approximate surface area is 87.5 Å². The Morgan fingerprint density at radius 1 is 1.64 bits per heavy atom. The van der Waals surface area contributed by atoms with Gasteiger partial charge in [-0.2, -0.15) is 5.26 Å². The van der Waals surface area contributed by atoms with Gasteiger partial charge in [0.2, 0.25) is 0 Å². The lowest BCUT2D eigenvalue weighted by molar-refractivity contribution is 0.183. The maximum atomic E-state index is 9.49. The Balaban J connectivity index is 2.92. The summed E-state index contributed by atoms with van der Waals surface area (Å²) in [6.07, 6.45) is -0.730. The molecule has 74 valence electrons. The highest BCUT2D eigenvalue weighted by Gasteiger charge is 2.09. The number of rotatable bonds is 3. The predicted molar refractivity (Wildman–Crippen MR) is 53.2 cm³/mol. The molecule has 1 aromatic carbocycles. The van der Waals surface area contributed by atoms with Crippen LogP contribution in [0.15, 0.2) is 18.2 Å². The maximum Gasteiger partial charge on any atom is 0.137 e. The number of halogens is 1. The molecule has 0 aliphatic carbocycles. The third-order valence-corrected chi connectivity index (χ3v) is 2.14. The van der Waals surface area contributed by atoms with Crippen LogP contribution >= 0.6 is 11.6 Å². The zero-order valence-corrected chi connectivity index (χ0v) is 8.45. The minimum Gasteiger partial charge on any atom is -0.495 e. The van der Waals surface area contributed by atoms with Crippen molar-refractivity contribution in [1.82, 2.24) is 0 Å². The summed E-state index contributed by atoms with van der Waals surface area (Å²) in [5, 5.41) is 18.3. The number of hydrogen-bond donors (Lipinski definition) is 1. The van der Waals surface area contributed by atoms with Crippen LogP contribution in [0.2, 0.25) is 5.02 Å². The molecule has 1 N–H and O–H groups in total. The fraction of sp³-hybridized carbons (Fsp3) is 0.300. The van der Waals surface area contributed by atoms with Crippen molar-refractivity contribution in [2.45, 2.75) is 12.5 Å². The molecule has 0 fully saturated rings. The summed E-state index contributed by atoms with van der Waals surface area (Å²) in [7, 11) is 1.52. The number of nitrogens with zero attached hydrogens (tertiary/aromatic N) is 1. The Morgan fingerprint density at radius 3 is 2.86 bits per heavy atom. The molecular formula is C10H10ClNO2. The van der Waals surface area contributed by atoms with Crippen LogP contribution in [-0.2, 0) is 0 Å². The van der Waals surface area contributed by atoms with Gasteiger partial charge in [0.25, 0.3) is 0 Å². The highest BCUT2D eigenvalue weighted by molar-refractivity contribution is 6.32. The van der Waals surface area contributed by atoms with Crippen molar-refractivity contribution >= 4 is 11.6 Å². The van der Waals surface area contributed by atoms with Gasteiger partial charge in [-0.1, -0.05) is 17.7 Å². The van der Waals surface area contributed by atoms with Crippen LogP contribution in [0.1, 0.15) is 18.1 Å². The molecule has 3 nitrogen and oxygen atoms in total. The number of nitriles is 1. The second-order valence-corrected chi connectivity index (χ2v) is 3.18. The van der Waals surface area contributed by atoms with E-state index in [1.807, 2.05) is 6.07 Å². The van der Waals surface area contributed by atoms with E-state index >= 15 is 0 Å². The molecule has 0 radical (unpaired) electrons. The first-order valence-electron chi connectivity index (χ1n) is 4.07. The first kappa shape index (κ1) is 10.8. The number of methoxy groups -OCH3 is 1. The number of aliphatic hydroxyl groups excluding tert-OH is 1. The van der Waals surface area contributed by atoms with E-state index in [9.17, 15) is 5.11 Å². The van der Waals surface area contributed by atoms with Crippen LogP contribution in [0.4, 0.5) is 0 Å². The molecule has 0 aliphatic heterocycles. The van der Waals surface area contributed by atoms with Crippen molar-refractivity contribution < 1.29 is 9.84 Å². The third-order valence-electron chi connectivity index (χ3n) is 1.85. The number of aliphatic hydroxyl groups is 1. The highest BCUT2D eigenvalue weighted by Crippen LogP contribution is 2.28. The molecule has 4 heteroatoms. The van der Waals surface area contributed by atoms with E-state index in [1.165, 1.54) is 7.11 Å². The summed E-state index contributed by atoms with van der Waals surface area (Å²) in [5.41, 5.74) is 0.623. The Hall–Kier alpha value is -1.24. The number of ether oxygens (including phenoxy) is 1. The molecule has 0 amide bonds. The van der Waals surface area contributed by atoms with Crippen LogP contribution in [0.3, 0.4) is 0 Å². The van der Waals surface area contributed by atoms with Gasteiger partial charge in [-0.3, -0.25) is 0 Å². The lowest BCUT2D eigenvalue weighted by Crippen LogP contribution is -1.96. The van der Waals surface area contributed by atoms with E-state index in [-0.39, 0.29) is 6.42 Å². The fourth-order valence-corrected chi connectivity index (χ4v) is 1.36. The largest absolute Gasteiger partial charge is 0.495 e. The van der Waals surface area contributed by atoms with E-state index in [1.54, 1.807) is 18.2 Å².